The second kappa shape index (κ2) is 8.51. The summed E-state index contributed by atoms with van der Waals surface area (Å²) in [5, 5.41) is 7.24. The zero-order valence-electron chi connectivity index (χ0n) is 15.2. The predicted octanol–water partition coefficient (Wildman–Crippen LogP) is 2.61. The normalized spacial score (nSPS) is 18.7. The van der Waals surface area contributed by atoms with Crippen molar-refractivity contribution in [2.24, 2.45) is 5.92 Å². The number of likely N-dealkylation sites (N-methyl/N-ethyl adjacent to an activating group) is 1. The van der Waals surface area contributed by atoms with Crippen molar-refractivity contribution in [1.29, 1.82) is 0 Å². The van der Waals surface area contributed by atoms with Gasteiger partial charge in [-0.3, -0.25) is 9.59 Å². The highest BCUT2D eigenvalue weighted by Gasteiger charge is 2.30. The van der Waals surface area contributed by atoms with Crippen molar-refractivity contribution >= 4 is 23.2 Å². The maximum Gasteiger partial charge on any atom is 0.289 e. The maximum atomic E-state index is 12.7. The highest BCUT2D eigenvalue weighted by Crippen LogP contribution is 2.22. The Kier molecular flexibility index (Phi) is 6.11. The van der Waals surface area contributed by atoms with Gasteiger partial charge in [0, 0.05) is 19.6 Å². The van der Waals surface area contributed by atoms with E-state index in [-0.39, 0.29) is 23.8 Å². The van der Waals surface area contributed by atoms with Gasteiger partial charge >= 0.3 is 0 Å². The molecule has 0 aromatic carbocycles. The molecule has 3 rings (SSSR count). The molecule has 0 unspecified atom stereocenters. The summed E-state index contributed by atoms with van der Waals surface area (Å²) in [6.07, 6.45) is 3.12. The fraction of sp³-hybridized carbons (Fsp3) is 0.474. The van der Waals surface area contributed by atoms with E-state index in [2.05, 4.69) is 21.7 Å². The van der Waals surface area contributed by atoms with Gasteiger partial charge in [0.1, 0.15) is 0 Å². The van der Waals surface area contributed by atoms with Crippen molar-refractivity contribution in [1.82, 2.24) is 15.1 Å². The molecule has 0 aliphatic carbocycles. The molecule has 1 fully saturated rings. The number of nitrogens with one attached hydrogen (secondary N) is 1. The quantitative estimate of drug-likeness (QED) is 0.843. The topological polar surface area (TPSA) is 65.8 Å². The van der Waals surface area contributed by atoms with Gasteiger partial charge in [-0.2, -0.15) is 11.3 Å². The second-order valence-corrected chi connectivity index (χ2v) is 7.63. The van der Waals surface area contributed by atoms with Gasteiger partial charge in [0.05, 0.1) is 18.2 Å². The number of likely N-dealkylation sites (tertiary alicyclic amines) is 1. The number of carbonyl (C=O) groups excluding carboxylic acids is 2. The van der Waals surface area contributed by atoms with E-state index in [4.69, 9.17) is 4.42 Å². The Morgan fingerprint density at radius 1 is 1.42 bits per heavy atom. The molecule has 2 amide bonds. The SMILES string of the molecule is CN(C)[C@@H](CNC(=O)[C@@H]1CCCN(C(=O)c2ccco2)C1)c1ccsc1. The molecule has 6 nitrogen and oxygen atoms in total. The Bertz CT molecular complexity index is 712. The van der Waals surface area contributed by atoms with Crippen molar-refractivity contribution in [2.75, 3.05) is 33.7 Å². The number of piperidine rings is 1. The molecule has 140 valence electrons. The third-order valence-corrected chi connectivity index (χ3v) is 5.53. The molecule has 1 aliphatic rings. The Morgan fingerprint density at radius 2 is 2.27 bits per heavy atom. The number of nitrogens with zero attached hydrogens (tertiary/aromatic N) is 2. The molecule has 3 heterocycles. The minimum Gasteiger partial charge on any atom is -0.459 e. The average molecular weight is 375 g/mol. The lowest BCUT2D eigenvalue weighted by Crippen LogP contribution is -2.46. The lowest BCUT2D eigenvalue weighted by Gasteiger charge is -2.32. The van der Waals surface area contributed by atoms with Crippen molar-refractivity contribution in [3.8, 4) is 0 Å². The molecular formula is C19H25N3O3S. The van der Waals surface area contributed by atoms with Crippen LogP contribution in [0.5, 0.6) is 0 Å². The van der Waals surface area contributed by atoms with Gasteiger partial charge in [0.15, 0.2) is 5.76 Å². The van der Waals surface area contributed by atoms with Gasteiger partial charge in [-0.25, -0.2) is 0 Å². The number of thiophene rings is 1. The van der Waals surface area contributed by atoms with Crippen LogP contribution in [0.15, 0.2) is 39.6 Å². The van der Waals surface area contributed by atoms with Crippen LogP contribution in [0.4, 0.5) is 0 Å². The third kappa shape index (κ3) is 4.34. The molecule has 0 spiro atoms. The largest absolute Gasteiger partial charge is 0.459 e. The summed E-state index contributed by atoms with van der Waals surface area (Å²) >= 11 is 1.66. The van der Waals surface area contributed by atoms with E-state index >= 15 is 0 Å². The van der Waals surface area contributed by atoms with Gasteiger partial charge in [-0.15, -0.1) is 0 Å². The fourth-order valence-corrected chi connectivity index (χ4v) is 4.04. The molecule has 2 atom stereocenters. The minimum absolute atomic E-state index is 0.0176. The first-order chi connectivity index (χ1) is 12.6. The zero-order valence-corrected chi connectivity index (χ0v) is 16.0. The van der Waals surface area contributed by atoms with Gasteiger partial charge in [-0.1, -0.05) is 0 Å². The van der Waals surface area contributed by atoms with Crippen LogP contribution in [0.1, 0.15) is 35.0 Å². The lowest BCUT2D eigenvalue weighted by atomic mass is 9.96. The standard InChI is InChI=1S/C19H25N3O3S/c1-21(2)16(15-7-10-26-13-15)11-20-18(23)14-5-3-8-22(12-14)19(24)17-6-4-9-25-17/h4,6-7,9-10,13-14,16H,3,5,8,11-12H2,1-2H3,(H,20,23)/t14-,16+/m1/s1. The van der Waals surface area contributed by atoms with Crippen LogP contribution in [0, 0.1) is 5.92 Å². The molecule has 0 bridgehead atoms. The average Bonchev–Trinajstić information content (AvgIpc) is 3.35. The Hall–Kier alpha value is -2.12. The van der Waals surface area contributed by atoms with E-state index in [0.717, 1.165) is 12.8 Å². The number of hydrogen-bond acceptors (Lipinski definition) is 5. The smallest absolute Gasteiger partial charge is 0.289 e. The first-order valence-corrected chi connectivity index (χ1v) is 9.79. The summed E-state index contributed by atoms with van der Waals surface area (Å²) in [6, 6.07) is 5.60. The summed E-state index contributed by atoms with van der Waals surface area (Å²) in [5.41, 5.74) is 1.21. The summed E-state index contributed by atoms with van der Waals surface area (Å²) in [5.74, 6) is 0.0325. The first kappa shape index (κ1) is 18.7. The van der Waals surface area contributed by atoms with Crippen molar-refractivity contribution in [2.45, 2.75) is 18.9 Å². The fourth-order valence-electron chi connectivity index (χ4n) is 3.34. The van der Waals surface area contributed by atoms with Crippen molar-refractivity contribution in [3.05, 3.63) is 46.5 Å². The zero-order chi connectivity index (χ0) is 18.5. The molecule has 7 heteroatoms. The maximum absolute atomic E-state index is 12.7. The van der Waals surface area contributed by atoms with Crippen molar-refractivity contribution < 1.29 is 14.0 Å². The molecule has 1 aliphatic heterocycles. The monoisotopic (exact) mass is 375 g/mol. The molecular weight excluding hydrogens is 350 g/mol. The number of furan rings is 1. The molecule has 26 heavy (non-hydrogen) atoms. The van der Waals surface area contributed by atoms with E-state index in [1.54, 1.807) is 28.4 Å². The van der Waals surface area contributed by atoms with E-state index in [1.807, 2.05) is 19.5 Å². The first-order valence-electron chi connectivity index (χ1n) is 8.85. The van der Waals surface area contributed by atoms with Crippen LogP contribution in [-0.2, 0) is 4.79 Å². The van der Waals surface area contributed by atoms with E-state index < -0.39 is 0 Å². The van der Waals surface area contributed by atoms with E-state index in [1.165, 1.54) is 11.8 Å². The van der Waals surface area contributed by atoms with Crippen LogP contribution in [0.25, 0.3) is 0 Å². The molecule has 1 saturated heterocycles. The number of hydrogen-bond donors (Lipinski definition) is 1. The highest BCUT2D eigenvalue weighted by atomic mass is 32.1. The lowest BCUT2D eigenvalue weighted by molar-refractivity contribution is -0.126. The predicted molar refractivity (Wildman–Crippen MR) is 101 cm³/mol. The Morgan fingerprint density at radius 3 is 2.92 bits per heavy atom. The Balaban J connectivity index is 1.56. The minimum atomic E-state index is -0.173. The van der Waals surface area contributed by atoms with Crippen LogP contribution in [0.3, 0.4) is 0 Å². The van der Waals surface area contributed by atoms with Crippen LogP contribution in [-0.4, -0.2) is 55.3 Å². The summed E-state index contributed by atoms with van der Waals surface area (Å²) in [6.45, 7) is 1.67. The van der Waals surface area contributed by atoms with Crippen LogP contribution < -0.4 is 5.32 Å². The van der Waals surface area contributed by atoms with Crippen molar-refractivity contribution in [3.63, 3.8) is 0 Å². The molecule has 2 aromatic heterocycles. The van der Waals surface area contributed by atoms with Crippen LogP contribution >= 0.6 is 11.3 Å². The molecule has 2 aromatic rings. The van der Waals surface area contributed by atoms with Gasteiger partial charge in [0.2, 0.25) is 5.91 Å². The molecule has 1 N–H and O–H groups in total. The number of rotatable bonds is 6. The Labute approximate surface area is 157 Å². The van der Waals surface area contributed by atoms with Crippen LogP contribution in [0.2, 0.25) is 0 Å². The van der Waals surface area contributed by atoms with Gasteiger partial charge < -0.3 is 19.5 Å². The number of amides is 2. The van der Waals surface area contributed by atoms with E-state index in [9.17, 15) is 9.59 Å². The van der Waals surface area contributed by atoms with E-state index in [0.29, 0.717) is 25.4 Å². The summed E-state index contributed by atoms with van der Waals surface area (Å²) in [7, 11) is 4.03. The summed E-state index contributed by atoms with van der Waals surface area (Å²) < 4.78 is 5.19. The number of carbonyl (C=O) groups is 2. The molecule has 0 radical (unpaired) electrons. The van der Waals surface area contributed by atoms with Gasteiger partial charge in [-0.05, 0) is 61.5 Å². The summed E-state index contributed by atoms with van der Waals surface area (Å²) in [4.78, 5) is 28.9. The highest BCUT2D eigenvalue weighted by molar-refractivity contribution is 7.07. The van der Waals surface area contributed by atoms with Gasteiger partial charge in [0.25, 0.3) is 5.91 Å². The third-order valence-electron chi connectivity index (χ3n) is 4.83. The molecule has 0 saturated carbocycles. The second-order valence-electron chi connectivity index (χ2n) is 6.85.